The van der Waals surface area contributed by atoms with Crippen molar-refractivity contribution in [2.75, 3.05) is 4.72 Å². The third-order valence-corrected chi connectivity index (χ3v) is 6.30. The van der Waals surface area contributed by atoms with E-state index in [1.165, 1.54) is 24.3 Å². The van der Waals surface area contributed by atoms with Gasteiger partial charge in [-0.2, -0.15) is 0 Å². The summed E-state index contributed by atoms with van der Waals surface area (Å²) in [5, 5.41) is 0. The van der Waals surface area contributed by atoms with Crippen molar-refractivity contribution in [2.24, 2.45) is 0 Å². The first-order valence-electron chi connectivity index (χ1n) is 7.78. The molecule has 28 heavy (non-hydrogen) atoms. The molecule has 0 spiro atoms. The Labute approximate surface area is 160 Å². The van der Waals surface area contributed by atoms with Gasteiger partial charge in [-0.1, -0.05) is 12.1 Å². The molecule has 0 atom stereocenters. The molecule has 6 nitrogen and oxygen atoms in total. The Bertz CT molecular complexity index is 1080. The highest BCUT2D eigenvalue weighted by atomic mass is 32.2. The summed E-state index contributed by atoms with van der Waals surface area (Å²) in [4.78, 5) is -0.295. The lowest BCUT2D eigenvalue weighted by Crippen LogP contribution is -2.12. The zero-order valence-corrected chi connectivity index (χ0v) is 15.7. The van der Waals surface area contributed by atoms with Gasteiger partial charge in [0.25, 0.3) is 10.0 Å². The molecule has 0 amide bonds. The molecular formula is C18H13F2N2O4S2-. The van der Waals surface area contributed by atoms with E-state index >= 15 is 0 Å². The van der Waals surface area contributed by atoms with Crippen LogP contribution in [0.4, 0.5) is 20.2 Å². The van der Waals surface area contributed by atoms with Gasteiger partial charge in [0.2, 0.25) is 0 Å². The zero-order valence-electron chi connectivity index (χ0n) is 14.1. The standard InChI is InChI=1S/C18H13F2N2O4S2/c19-13-1-9-17(10-2-13)27(23,24)21-15-5-7-16(8-6-15)22-28(25,26)18-11-3-14(20)4-12-18/h1-12,21H/q-1. The lowest BCUT2D eigenvalue weighted by Gasteiger charge is -2.22. The first-order valence-corrected chi connectivity index (χ1v) is 10.7. The fourth-order valence-electron chi connectivity index (χ4n) is 2.22. The molecule has 0 heterocycles. The molecule has 10 heteroatoms. The molecule has 0 fully saturated rings. The minimum atomic E-state index is -4.04. The predicted molar refractivity (Wildman–Crippen MR) is 100 cm³/mol. The Balaban J connectivity index is 1.74. The molecule has 0 aliphatic rings. The van der Waals surface area contributed by atoms with Crippen LogP contribution in [-0.4, -0.2) is 16.8 Å². The second kappa shape index (κ2) is 7.56. The summed E-state index contributed by atoms with van der Waals surface area (Å²) >= 11 is 0. The van der Waals surface area contributed by atoms with Gasteiger partial charge < -0.3 is 4.72 Å². The molecule has 3 aromatic rings. The second-order valence-corrected chi connectivity index (χ2v) is 8.91. The minimum Gasteiger partial charge on any atom is -0.573 e. The fourth-order valence-corrected chi connectivity index (χ4v) is 4.26. The monoisotopic (exact) mass is 423 g/mol. The summed E-state index contributed by atoms with van der Waals surface area (Å²) in [6, 6.07) is 13.8. The van der Waals surface area contributed by atoms with Gasteiger partial charge in [-0.25, -0.2) is 25.6 Å². The van der Waals surface area contributed by atoms with E-state index in [-0.39, 0.29) is 21.2 Å². The number of nitrogens with zero attached hydrogens (tertiary/aromatic N) is 1. The van der Waals surface area contributed by atoms with Crippen LogP contribution in [-0.2, 0) is 20.0 Å². The molecular weight excluding hydrogens is 410 g/mol. The van der Waals surface area contributed by atoms with Gasteiger partial charge in [-0.15, -0.1) is 5.69 Å². The van der Waals surface area contributed by atoms with Crippen LogP contribution in [0.15, 0.2) is 82.6 Å². The lowest BCUT2D eigenvalue weighted by molar-refractivity contribution is 0.598. The smallest absolute Gasteiger partial charge is 0.261 e. The highest BCUT2D eigenvalue weighted by Crippen LogP contribution is 2.29. The Hall–Kier alpha value is -2.98. The third kappa shape index (κ3) is 4.65. The van der Waals surface area contributed by atoms with Crippen molar-refractivity contribution in [3.05, 3.63) is 89.2 Å². The van der Waals surface area contributed by atoms with Gasteiger partial charge in [-0.05, 0) is 60.7 Å². The van der Waals surface area contributed by atoms with Crippen LogP contribution in [0.2, 0.25) is 0 Å². The van der Waals surface area contributed by atoms with Crippen molar-refractivity contribution in [3.8, 4) is 0 Å². The van der Waals surface area contributed by atoms with E-state index in [0.717, 1.165) is 48.5 Å². The molecule has 0 saturated heterocycles. The Morgan fingerprint density at radius 2 is 1.11 bits per heavy atom. The molecule has 146 valence electrons. The number of benzene rings is 3. The van der Waals surface area contributed by atoms with Gasteiger partial charge in [0.05, 0.1) is 9.79 Å². The Morgan fingerprint density at radius 3 is 1.61 bits per heavy atom. The molecule has 0 aliphatic carbocycles. The van der Waals surface area contributed by atoms with E-state index in [2.05, 4.69) is 9.44 Å². The molecule has 0 aromatic heterocycles. The average molecular weight is 423 g/mol. The molecule has 0 bridgehead atoms. The topological polar surface area (TPSA) is 94.4 Å². The van der Waals surface area contributed by atoms with Gasteiger partial charge >= 0.3 is 0 Å². The molecule has 0 radical (unpaired) electrons. The summed E-state index contributed by atoms with van der Waals surface area (Å²) in [6.07, 6.45) is 0. The van der Waals surface area contributed by atoms with E-state index in [0.29, 0.717) is 0 Å². The SMILES string of the molecule is O=S(=O)([N-]c1ccc(NS(=O)(=O)c2ccc(F)cc2)cc1)c1ccc(F)cc1. The van der Waals surface area contributed by atoms with E-state index in [9.17, 15) is 25.6 Å². The largest absolute Gasteiger partial charge is 0.573 e. The summed E-state index contributed by atoms with van der Waals surface area (Å²) < 4.78 is 80.7. The quantitative estimate of drug-likeness (QED) is 0.644. The number of anilines is 1. The van der Waals surface area contributed by atoms with Gasteiger partial charge in [0.1, 0.15) is 21.7 Å². The maximum Gasteiger partial charge on any atom is 0.261 e. The normalized spacial score (nSPS) is 11.8. The van der Waals surface area contributed by atoms with E-state index in [1.54, 1.807) is 0 Å². The van der Waals surface area contributed by atoms with E-state index in [4.69, 9.17) is 0 Å². The van der Waals surface area contributed by atoms with Crippen LogP contribution in [0.25, 0.3) is 4.72 Å². The summed E-state index contributed by atoms with van der Waals surface area (Å²) in [5.41, 5.74) is 0.233. The molecule has 0 aliphatic heterocycles. The van der Waals surface area contributed by atoms with Crippen molar-refractivity contribution in [1.29, 1.82) is 0 Å². The van der Waals surface area contributed by atoms with Crippen molar-refractivity contribution in [3.63, 3.8) is 0 Å². The number of hydrogen-bond donors (Lipinski definition) is 1. The Kier molecular flexibility index (Phi) is 5.34. The summed E-state index contributed by atoms with van der Waals surface area (Å²) in [6.45, 7) is 0. The number of halogens is 2. The van der Waals surface area contributed by atoms with Crippen molar-refractivity contribution < 1.29 is 25.6 Å². The maximum atomic E-state index is 12.9. The Morgan fingerprint density at radius 1 is 0.643 bits per heavy atom. The zero-order chi connectivity index (χ0) is 20.4. The average Bonchev–Trinajstić information content (AvgIpc) is 2.64. The number of nitrogens with one attached hydrogen (secondary N) is 1. The van der Waals surface area contributed by atoms with Crippen molar-refractivity contribution in [1.82, 2.24) is 0 Å². The van der Waals surface area contributed by atoms with Crippen LogP contribution < -0.4 is 4.72 Å². The van der Waals surface area contributed by atoms with Gasteiger partial charge in [0, 0.05) is 5.69 Å². The fraction of sp³-hybridized carbons (Fsp3) is 0. The minimum absolute atomic E-state index is 0.0639. The van der Waals surface area contributed by atoms with Crippen molar-refractivity contribution in [2.45, 2.75) is 9.79 Å². The maximum absolute atomic E-state index is 12.9. The van der Waals surface area contributed by atoms with Crippen LogP contribution in [0.5, 0.6) is 0 Å². The molecule has 1 N–H and O–H groups in total. The van der Waals surface area contributed by atoms with Crippen LogP contribution >= 0.6 is 0 Å². The number of hydrogen-bond acceptors (Lipinski definition) is 4. The molecule has 0 unspecified atom stereocenters. The van der Waals surface area contributed by atoms with Gasteiger partial charge in [0.15, 0.2) is 0 Å². The lowest BCUT2D eigenvalue weighted by atomic mass is 10.3. The first kappa shape index (κ1) is 19.8. The third-order valence-electron chi connectivity index (χ3n) is 3.58. The number of sulfonamides is 2. The van der Waals surface area contributed by atoms with E-state index in [1.807, 2.05) is 0 Å². The van der Waals surface area contributed by atoms with Crippen LogP contribution in [0.1, 0.15) is 0 Å². The second-order valence-electron chi connectivity index (χ2n) is 5.63. The molecule has 3 rings (SSSR count). The molecule has 0 saturated carbocycles. The van der Waals surface area contributed by atoms with Gasteiger partial charge in [-0.3, -0.25) is 4.72 Å². The first-order chi connectivity index (χ1) is 13.2. The van der Waals surface area contributed by atoms with Crippen LogP contribution in [0.3, 0.4) is 0 Å². The van der Waals surface area contributed by atoms with Crippen LogP contribution in [0, 0.1) is 11.6 Å². The predicted octanol–water partition coefficient (Wildman–Crippen LogP) is 4.16. The highest BCUT2D eigenvalue weighted by Gasteiger charge is 2.14. The summed E-state index contributed by atoms with van der Waals surface area (Å²) in [5.74, 6) is -1.14. The van der Waals surface area contributed by atoms with Crippen molar-refractivity contribution >= 4 is 31.4 Å². The summed E-state index contributed by atoms with van der Waals surface area (Å²) in [7, 11) is -7.97. The molecule has 3 aromatic carbocycles. The van der Waals surface area contributed by atoms with E-state index < -0.39 is 31.7 Å². The number of rotatable bonds is 6. The highest BCUT2D eigenvalue weighted by molar-refractivity contribution is 7.94.